The summed E-state index contributed by atoms with van der Waals surface area (Å²) in [6.07, 6.45) is 0. The van der Waals surface area contributed by atoms with Crippen LogP contribution in [-0.2, 0) is 14.4 Å². The molecule has 0 rings (SSSR count). The molecule has 1 unspecified atom stereocenters. The summed E-state index contributed by atoms with van der Waals surface area (Å²) in [6, 6.07) is -2.66. The predicted octanol–water partition coefficient (Wildman–Crippen LogP) is -1.48. The average Bonchev–Trinajstić information content (AvgIpc) is 2.42. The molecule has 0 radical (unpaired) electrons. The molecule has 0 saturated carbocycles. The summed E-state index contributed by atoms with van der Waals surface area (Å²) >= 11 is 3.65. The lowest BCUT2D eigenvalue weighted by atomic mass is 10.4. The van der Waals surface area contributed by atoms with Gasteiger partial charge in [-0.2, -0.15) is 12.6 Å². The van der Waals surface area contributed by atoms with Crippen molar-refractivity contribution in [1.82, 2.24) is 0 Å². The number of rotatable bonds is 9. The Hall–Kier alpha value is -0.660. The fraction of sp³-hybridized carbons (Fsp3) is 0.667. The highest BCUT2D eigenvalue weighted by Gasteiger charge is 2.14. The Balaban J connectivity index is 0. The second-order valence-corrected chi connectivity index (χ2v) is 6.50. The Morgan fingerprint density at radius 2 is 1.10 bits per heavy atom. The predicted molar refractivity (Wildman–Crippen MR) is 85.6 cm³/mol. The third-order valence-electron chi connectivity index (χ3n) is 1.73. The van der Waals surface area contributed by atoms with Crippen LogP contribution in [0.15, 0.2) is 0 Å². The van der Waals surface area contributed by atoms with Crippen LogP contribution in [0.1, 0.15) is 0 Å². The first kappa shape index (κ1) is 22.6. The van der Waals surface area contributed by atoms with E-state index in [1.165, 1.54) is 21.6 Å². The van der Waals surface area contributed by atoms with Gasteiger partial charge in [0.05, 0.1) is 0 Å². The third-order valence-corrected chi connectivity index (χ3v) is 4.59. The topological polar surface area (TPSA) is 190 Å². The van der Waals surface area contributed by atoms with Gasteiger partial charge in [0.15, 0.2) is 0 Å². The van der Waals surface area contributed by atoms with Crippen LogP contribution in [0.3, 0.4) is 0 Å². The molecule has 9 N–H and O–H groups in total. The van der Waals surface area contributed by atoms with E-state index in [0.29, 0.717) is 0 Å². The van der Waals surface area contributed by atoms with Crippen molar-refractivity contribution in [2.45, 2.75) is 18.1 Å². The minimum Gasteiger partial charge on any atom is -0.480 e. The van der Waals surface area contributed by atoms with Gasteiger partial charge in [-0.25, -0.2) is 0 Å². The summed E-state index contributed by atoms with van der Waals surface area (Å²) in [6.45, 7) is 0. The van der Waals surface area contributed by atoms with Crippen LogP contribution < -0.4 is 17.2 Å². The molecule has 9 nitrogen and oxygen atoms in total. The Morgan fingerprint density at radius 1 is 0.810 bits per heavy atom. The van der Waals surface area contributed by atoms with Crippen molar-refractivity contribution in [2.75, 3.05) is 17.3 Å². The number of carboxylic acid groups (broad SMARTS) is 3. The highest BCUT2D eigenvalue weighted by Crippen LogP contribution is 2.22. The number of thiol groups is 1. The number of hydrogen-bond acceptors (Lipinski definition) is 9. The molecule has 0 aromatic carbocycles. The van der Waals surface area contributed by atoms with E-state index in [-0.39, 0.29) is 17.3 Å². The fourth-order valence-corrected chi connectivity index (χ4v) is 2.85. The van der Waals surface area contributed by atoms with Crippen molar-refractivity contribution < 1.29 is 29.7 Å². The highest BCUT2D eigenvalue weighted by molar-refractivity contribution is 8.76. The van der Waals surface area contributed by atoms with E-state index in [1.54, 1.807) is 0 Å². The van der Waals surface area contributed by atoms with E-state index in [2.05, 4.69) is 12.6 Å². The molecule has 0 aliphatic heterocycles. The minimum atomic E-state index is -1.07. The molecule has 21 heavy (non-hydrogen) atoms. The van der Waals surface area contributed by atoms with Crippen LogP contribution in [0.4, 0.5) is 0 Å². The Labute approximate surface area is 134 Å². The van der Waals surface area contributed by atoms with Gasteiger partial charge in [0.1, 0.15) is 18.1 Å². The second-order valence-electron chi connectivity index (χ2n) is 3.59. The fourth-order valence-electron chi connectivity index (χ4n) is 0.464. The molecule has 0 aromatic heterocycles. The van der Waals surface area contributed by atoms with Crippen molar-refractivity contribution in [3.63, 3.8) is 0 Å². The zero-order chi connectivity index (χ0) is 17.0. The standard InChI is InChI=1S/C6H12N2O4S2.C3H7NO2S/c7-3(5(9)10)1-13-14-2-4(8)6(11)12;4-2(1-7)3(5)6/h3-4H,1-2,7-8H2,(H,9,10)(H,11,12);2,7H,1,4H2,(H,5,6)/t3-,4?;2-/m00/s1. The number of hydrogen-bond donors (Lipinski definition) is 7. The van der Waals surface area contributed by atoms with Gasteiger partial charge in [-0.15, -0.1) is 0 Å². The third kappa shape index (κ3) is 14.1. The van der Waals surface area contributed by atoms with E-state index < -0.39 is 36.0 Å². The number of aliphatic carboxylic acids is 3. The number of carbonyl (C=O) groups is 3. The summed E-state index contributed by atoms with van der Waals surface area (Å²) in [5.41, 5.74) is 15.4. The van der Waals surface area contributed by atoms with Crippen molar-refractivity contribution in [3.8, 4) is 0 Å². The molecule has 0 fully saturated rings. The highest BCUT2D eigenvalue weighted by atomic mass is 33.1. The van der Waals surface area contributed by atoms with Gasteiger partial charge in [-0.05, 0) is 0 Å². The monoisotopic (exact) mass is 361 g/mol. The molecule has 0 heterocycles. The van der Waals surface area contributed by atoms with E-state index in [9.17, 15) is 14.4 Å². The van der Waals surface area contributed by atoms with Gasteiger partial charge in [0.2, 0.25) is 0 Å². The minimum absolute atomic E-state index is 0.190. The molecule has 0 aliphatic rings. The summed E-state index contributed by atoms with van der Waals surface area (Å²) in [5.74, 6) is -2.50. The van der Waals surface area contributed by atoms with Gasteiger partial charge in [-0.3, -0.25) is 14.4 Å². The molecule has 0 amide bonds. The van der Waals surface area contributed by atoms with Crippen LogP contribution >= 0.6 is 34.2 Å². The van der Waals surface area contributed by atoms with Gasteiger partial charge in [0, 0.05) is 17.3 Å². The summed E-state index contributed by atoms with van der Waals surface area (Å²) in [5, 5.41) is 24.8. The first-order valence-electron chi connectivity index (χ1n) is 5.43. The molecule has 12 heteroatoms. The zero-order valence-electron chi connectivity index (χ0n) is 10.9. The van der Waals surface area contributed by atoms with Gasteiger partial charge < -0.3 is 32.5 Å². The summed E-state index contributed by atoms with van der Waals surface area (Å²) in [4.78, 5) is 30.3. The van der Waals surface area contributed by atoms with Crippen LogP contribution in [-0.4, -0.2) is 68.6 Å². The SMILES string of the molecule is NC(CSSC[C@H](N)C(=O)O)C(=O)O.N[C@@H](CS)C(=O)O. The van der Waals surface area contributed by atoms with Crippen LogP contribution in [0.5, 0.6) is 0 Å². The molecular weight excluding hydrogens is 342 g/mol. The Bertz CT molecular complexity index is 325. The van der Waals surface area contributed by atoms with Crippen LogP contribution in [0.2, 0.25) is 0 Å². The van der Waals surface area contributed by atoms with Crippen molar-refractivity contribution in [2.24, 2.45) is 17.2 Å². The van der Waals surface area contributed by atoms with Crippen molar-refractivity contribution in [3.05, 3.63) is 0 Å². The molecule has 124 valence electrons. The lowest BCUT2D eigenvalue weighted by Gasteiger charge is -2.07. The number of nitrogens with two attached hydrogens (primary N) is 3. The lowest BCUT2D eigenvalue weighted by molar-refractivity contribution is -0.138. The molecule has 0 spiro atoms. The smallest absolute Gasteiger partial charge is 0.321 e. The maximum absolute atomic E-state index is 10.3. The lowest BCUT2D eigenvalue weighted by Crippen LogP contribution is -2.33. The van der Waals surface area contributed by atoms with Gasteiger partial charge in [0.25, 0.3) is 0 Å². The molecule has 0 bridgehead atoms. The Morgan fingerprint density at radius 3 is 1.24 bits per heavy atom. The maximum Gasteiger partial charge on any atom is 0.321 e. The van der Waals surface area contributed by atoms with Crippen molar-refractivity contribution in [1.29, 1.82) is 0 Å². The van der Waals surface area contributed by atoms with Crippen LogP contribution in [0, 0.1) is 0 Å². The molecular formula is C9H19N3O6S3. The molecule has 0 aliphatic carbocycles. The average molecular weight is 361 g/mol. The largest absolute Gasteiger partial charge is 0.480 e. The summed E-state index contributed by atoms with van der Waals surface area (Å²) in [7, 11) is 2.41. The Kier molecular flexibility index (Phi) is 14.0. The van der Waals surface area contributed by atoms with Crippen LogP contribution in [0.25, 0.3) is 0 Å². The van der Waals surface area contributed by atoms with Crippen molar-refractivity contribution >= 4 is 52.1 Å². The first-order valence-corrected chi connectivity index (χ1v) is 8.55. The molecule has 0 aromatic rings. The van der Waals surface area contributed by atoms with Gasteiger partial charge in [-0.1, -0.05) is 21.6 Å². The van der Waals surface area contributed by atoms with Gasteiger partial charge >= 0.3 is 17.9 Å². The second kappa shape index (κ2) is 13.0. The van der Waals surface area contributed by atoms with E-state index in [1.807, 2.05) is 0 Å². The first-order chi connectivity index (χ1) is 9.63. The van der Waals surface area contributed by atoms with E-state index in [4.69, 9.17) is 32.5 Å². The van der Waals surface area contributed by atoms with E-state index >= 15 is 0 Å². The normalized spacial score (nSPS) is 14.3. The summed E-state index contributed by atoms with van der Waals surface area (Å²) < 4.78 is 0. The quantitative estimate of drug-likeness (QED) is 0.144. The molecule has 0 saturated heterocycles. The van der Waals surface area contributed by atoms with E-state index in [0.717, 1.165) is 0 Å². The number of carboxylic acids is 3. The maximum atomic E-state index is 10.3. The molecule has 3 atom stereocenters. The zero-order valence-corrected chi connectivity index (χ0v) is 13.4.